The van der Waals surface area contributed by atoms with E-state index in [2.05, 4.69) is 5.92 Å². The van der Waals surface area contributed by atoms with E-state index in [-0.39, 0.29) is 11.4 Å². The van der Waals surface area contributed by atoms with Crippen LogP contribution in [0.1, 0.15) is 5.56 Å². The number of hydrogen-bond acceptors (Lipinski definition) is 2. The van der Waals surface area contributed by atoms with Crippen LogP contribution in [0.4, 0.5) is 5.69 Å². The maximum Gasteiger partial charge on any atom is 0.265 e. The molecule has 0 atom stereocenters. The molecule has 0 bridgehead atoms. The van der Waals surface area contributed by atoms with Crippen LogP contribution >= 0.6 is 0 Å². The lowest BCUT2D eigenvalue weighted by atomic mass is 10.2. The van der Waals surface area contributed by atoms with E-state index < -0.39 is 10.0 Å². The molecule has 0 saturated heterocycles. The molecular formula is C16H15NO2S. The van der Waals surface area contributed by atoms with E-state index in [1.165, 1.54) is 4.31 Å². The third-order valence-electron chi connectivity index (χ3n) is 2.89. The van der Waals surface area contributed by atoms with Gasteiger partial charge in [0.25, 0.3) is 10.0 Å². The van der Waals surface area contributed by atoms with Crippen LogP contribution in [-0.4, -0.2) is 15.0 Å². The number of benzene rings is 2. The molecule has 20 heavy (non-hydrogen) atoms. The molecule has 0 aliphatic carbocycles. The van der Waals surface area contributed by atoms with E-state index in [0.29, 0.717) is 5.69 Å². The van der Waals surface area contributed by atoms with Crippen molar-refractivity contribution in [3.8, 4) is 12.3 Å². The summed E-state index contributed by atoms with van der Waals surface area (Å²) in [7, 11) is -3.64. The van der Waals surface area contributed by atoms with Gasteiger partial charge in [-0.25, -0.2) is 8.42 Å². The quantitative estimate of drug-likeness (QED) is 0.810. The number of nitrogens with zero attached hydrogens (tertiary/aromatic N) is 1. The highest BCUT2D eigenvalue weighted by molar-refractivity contribution is 7.92. The van der Waals surface area contributed by atoms with Crippen LogP contribution in [0.3, 0.4) is 0 Å². The van der Waals surface area contributed by atoms with Gasteiger partial charge in [-0.05, 0) is 31.2 Å². The van der Waals surface area contributed by atoms with Crippen molar-refractivity contribution in [3.05, 3.63) is 60.2 Å². The topological polar surface area (TPSA) is 37.4 Å². The Labute approximate surface area is 119 Å². The Kier molecular flexibility index (Phi) is 4.11. The van der Waals surface area contributed by atoms with Crippen molar-refractivity contribution >= 4 is 15.7 Å². The maximum absolute atomic E-state index is 12.7. The summed E-state index contributed by atoms with van der Waals surface area (Å²) in [4.78, 5) is 0.238. The second kappa shape index (κ2) is 5.81. The molecule has 0 N–H and O–H groups in total. The summed E-state index contributed by atoms with van der Waals surface area (Å²) in [5, 5.41) is 0. The molecule has 2 rings (SSSR count). The molecule has 0 radical (unpaired) electrons. The van der Waals surface area contributed by atoms with E-state index in [9.17, 15) is 8.42 Å². The van der Waals surface area contributed by atoms with Crippen molar-refractivity contribution in [2.45, 2.75) is 11.8 Å². The average Bonchev–Trinajstić information content (AvgIpc) is 2.46. The zero-order chi connectivity index (χ0) is 14.6. The lowest BCUT2D eigenvalue weighted by molar-refractivity contribution is 0.593. The Morgan fingerprint density at radius 2 is 1.65 bits per heavy atom. The zero-order valence-electron chi connectivity index (χ0n) is 11.2. The van der Waals surface area contributed by atoms with Crippen LogP contribution in [-0.2, 0) is 10.0 Å². The van der Waals surface area contributed by atoms with Crippen molar-refractivity contribution in [2.24, 2.45) is 0 Å². The fourth-order valence-electron chi connectivity index (χ4n) is 1.83. The molecule has 102 valence electrons. The number of rotatable bonds is 4. The molecule has 0 aromatic heterocycles. The van der Waals surface area contributed by atoms with Crippen molar-refractivity contribution in [1.82, 2.24) is 0 Å². The van der Waals surface area contributed by atoms with Gasteiger partial charge < -0.3 is 0 Å². The minimum Gasteiger partial charge on any atom is -0.254 e. The molecule has 0 spiro atoms. The second-order valence-corrected chi connectivity index (χ2v) is 6.23. The van der Waals surface area contributed by atoms with E-state index in [1.54, 1.807) is 48.5 Å². The van der Waals surface area contributed by atoms with Gasteiger partial charge in [0.05, 0.1) is 17.1 Å². The lowest BCUT2D eigenvalue weighted by Crippen LogP contribution is -2.31. The average molecular weight is 285 g/mol. The third-order valence-corrected chi connectivity index (χ3v) is 4.68. The van der Waals surface area contributed by atoms with Gasteiger partial charge >= 0.3 is 0 Å². The highest BCUT2D eigenvalue weighted by Gasteiger charge is 2.23. The Hall–Kier alpha value is -2.25. The summed E-state index contributed by atoms with van der Waals surface area (Å²) in [5.74, 6) is 2.40. The standard InChI is InChI=1S/C16H15NO2S/c1-3-13-17(15-7-5-4-6-8-15)20(18,19)16-11-9-14(2)10-12-16/h1,4-12H,13H2,2H3. The number of sulfonamides is 1. The van der Waals surface area contributed by atoms with Gasteiger partial charge in [0.15, 0.2) is 0 Å². The lowest BCUT2D eigenvalue weighted by Gasteiger charge is -2.22. The van der Waals surface area contributed by atoms with Gasteiger partial charge in [0.2, 0.25) is 0 Å². The van der Waals surface area contributed by atoms with Crippen LogP contribution in [0.5, 0.6) is 0 Å². The van der Waals surface area contributed by atoms with Crippen molar-refractivity contribution in [3.63, 3.8) is 0 Å². The van der Waals surface area contributed by atoms with Gasteiger partial charge in [0.1, 0.15) is 0 Å². The smallest absolute Gasteiger partial charge is 0.254 e. The van der Waals surface area contributed by atoms with E-state index in [0.717, 1.165) is 5.56 Å². The molecule has 4 heteroatoms. The minimum absolute atomic E-state index is 0.000221. The predicted molar refractivity (Wildman–Crippen MR) is 81.0 cm³/mol. The summed E-state index contributed by atoms with van der Waals surface area (Å²) in [6.07, 6.45) is 5.31. The molecule has 2 aromatic carbocycles. The summed E-state index contributed by atoms with van der Waals surface area (Å²) in [6, 6.07) is 15.6. The largest absolute Gasteiger partial charge is 0.265 e. The van der Waals surface area contributed by atoms with Gasteiger partial charge in [-0.1, -0.05) is 41.8 Å². The highest BCUT2D eigenvalue weighted by atomic mass is 32.2. The Morgan fingerprint density at radius 3 is 2.20 bits per heavy atom. The molecule has 0 aliphatic heterocycles. The molecular weight excluding hydrogens is 270 g/mol. The minimum atomic E-state index is -3.64. The first-order valence-corrected chi connectivity index (χ1v) is 7.57. The summed E-state index contributed by atoms with van der Waals surface area (Å²) >= 11 is 0. The summed E-state index contributed by atoms with van der Waals surface area (Å²) in [5.41, 5.74) is 1.57. The first-order valence-electron chi connectivity index (χ1n) is 6.13. The van der Waals surface area contributed by atoms with Gasteiger partial charge in [0, 0.05) is 0 Å². The van der Waals surface area contributed by atoms with Crippen molar-refractivity contribution in [2.75, 3.05) is 10.8 Å². The van der Waals surface area contributed by atoms with Gasteiger partial charge in [-0.15, -0.1) is 6.42 Å². The molecule has 0 saturated carbocycles. The predicted octanol–water partition coefficient (Wildman–Crippen LogP) is 2.82. The fourth-order valence-corrected chi connectivity index (χ4v) is 3.21. The van der Waals surface area contributed by atoms with Crippen LogP contribution in [0.2, 0.25) is 0 Å². The van der Waals surface area contributed by atoms with Crippen LogP contribution < -0.4 is 4.31 Å². The number of aryl methyl sites for hydroxylation is 1. The number of anilines is 1. The molecule has 0 heterocycles. The van der Waals surface area contributed by atoms with Crippen molar-refractivity contribution in [1.29, 1.82) is 0 Å². The molecule has 0 amide bonds. The summed E-state index contributed by atoms with van der Waals surface area (Å²) < 4.78 is 26.6. The highest BCUT2D eigenvalue weighted by Crippen LogP contribution is 2.23. The van der Waals surface area contributed by atoms with Crippen LogP contribution in [0.25, 0.3) is 0 Å². The van der Waals surface area contributed by atoms with Crippen LogP contribution in [0.15, 0.2) is 59.5 Å². The number of terminal acetylenes is 1. The fraction of sp³-hybridized carbons (Fsp3) is 0.125. The van der Waals surface area contributed by atoms with E-state index in [4.69, 9.17) is 6.42 Å². The monoisotopic (exact) mass is 285 g/mol. The van der Waals surface area contributed by atoms with Crippen molar-refractivity contribution < 1.29 is 8.42 Å². The number of hydrogen-bond donors (Lipinski definition) is 0. The Morgan fingerprint density at radius 1 is 1.05 bits per heavy atom. The first-order chi connectivity index (χ1) is 9.55. The molecule has 0 fully saturated rings. The van der Waals surface area contributed by atoms with Gasteiger partial charge in [-0.2, -0.15) is 0 Å². The van der Waals surface area contributed by atoms with Gasteiger partial charge in [-0.3, -0.25) is 4.31 Å². The van der Waals surface area contributed by atoms with Crippen LogP contribution in [0, 0.1) is 19.3 Å². The number of para-hydroxylation sites is 1. The first kappa shape index (κ1) is 14.2. The van der Waals surface area contributed by atoms with E-state index >= 15 is 0 Å². The molecule has 0 aliphatic rings. The Balaban J connectivity index is 2.48. The molecule has 2 aromatic rings. The van der Waals surface area contributed by atoms with E-state index in [1.807, 2.05) is 13.0 Å². The molecule has 3 nitrogen and oxygen atoms in total. The third kappa shape index (κ3) is 2.84. The Bertz CT molecular complexity index is 713. The normalized spacial score (nSPS) is 10.8. The SMILES string of the molecule is C#CCN(c1ccccc1)S(=O)(=O)c1ccc(C)cc1. The summed E-state index contributed by atoms with van der Waals surface area (Å²) in [6.45, 7) is 1.91. The molecule has 0 unspecified atom stereocenters. The second-order valence-electron chi connectivity index (χ2n) is 4.36. The zero-order valence-corrected chi connectivity index (χ0v) is 12.0. The maximum atomic E-state index is 12.7.